The number of hydrogen-bond acceptors (Lipinski definition) is 2. The van der Waals surface area contributed by atoms with Gasteiger partial charge in [0.25, 0.3) is 0 Å². The SMILES string of the molecule is C/C=C/Oc1ccccc1CC(=O)C(C)(C)C. The lowest BCUT2D eigenvalue weighted by molar-refractivity contribution is -0.125. The number of ether oxygens (including phenoxy) is 1. The Labute approximate surface area is 103 Å². The minimum absolute atomic E-state index is 0.217. The van der Waals surface area contributed by atoms with Crippen LogP contribution in [0.5, 0.6) is 5.75 Å². The van der Waals surface area contributed by atoms with Gasteiger partial charge in [-0.05, 0) is 13.0 Å². The van der Waals surface area contributed by atoms with E-state index < -0.39 is 0 Å². The van der Waals surface area contributed by atoms with Crippen molar-refractivity contribution in [3.05, 3.63) is 42.2 Å². The molecule has 0 aromatic heterocycles. The lowest BCUT2D eigenvalue weighted by Crippen LogP contribution is -2.22. The Morgan fingerprint density at radius 1 is 1.29 bits per heavy atom. The first kappa shape index (κ1) is 13.5. The van der Waals surface area contributed by atoms with Crippen LogP contribution in [-0.4, -0.2) is 5.78 Å². The molecular formula is C15H20O2. The molecule has 0 unspecified atom stereocenters. The Hall–Kier alpha value is -1.57. The Balaban J connectivity index is 2.87. The van der Waals surface area contributed by atoms with Gasteiger partial charge in [-0.3, -0.25) is 4.79 Å². The zero-order chi connectivity index (χ0) is 12.9. The van der Waals surface area contributed by atoms with Crippen molar-refractivity contribution in [2.75, 3.05) is 0 Å². The predicted molar refractivity (Wildman–Crippen MR) is 70.1 cm³/mol. The normalized spacial score (nSPS) is 11.8. The minimum atomic E-state index is -0.312. The average Bonchev–Trinajstić information content (AvgIpc) is 2.26. The van der Waals surface area contributed by atoms with E-state index in [0.717, 1.165) is 11.3 Å². The summed E-state index contributed by atoms with van der Waals surface area (Å²) in [4.78, 5) is 12.0. The maximum absolute atomic E-state index is 12.0. The molecule has 17 heavy (non-hydrogen) atoms. The van der Waals surface area contributed by atoms with Crippen molar-refractivity contribution in [2.24, 2.45) is 5.41 Å². The Morgan fingerprint density at radius 3 is 2.53 bits per heavy atom. The quantitative estimate of drug-likeness (QED) is 0.739. The fourth-order valence-corrected chi connectivity index (χ4v) is 1.34. The van der Waals surface area contributed by atoms with Gasteiger partial charge in [-0.25, -0.2) is 0 Å². The van der Waals surface area contributed by atoms with Gasteiger partial charge >= 0.3 is 0 Å². The molecule has 1 aromatic rings. The second-order valence-electron chi connectivity index (χ2n) is 5.04. The number of carbonyl (C=O) groups is 1. The number of para-hydroxylation sites is 1. The third kappa shape index (κ3) is 4.06. The predicted octanol–water partition coefficient (Wildman–Crippen LogP) is 3.76. The lowest BCUT2D eigenvalue weighted by atomic mass is 9.87. The van der Waals surface area contributed by atoms with E-state index in [4.69, 9.17) is 4.74 Å². The van der Waals surface area contributed by atoms with Crippen LogP contribution >= 0.6 is 0 Å². The highest BCUT2D eigenvalue weighted by Gasteiger charge is 2.22. The molecule has 0 spiro atoms. The molecular weight excluding hydrogens is 212 g/mol. The fraction of sp³-hybridized carbons (Fsp3) is 0.400. The maximum atomic E-state index is 12.0. The zero-order valence-corrected chi connectivity index (χ0v) is 11.0. The van der Waals surface area contributed by atoms with E-state index in [1.165, 1.54) is 0 Å². The van der Waals surface area contributed by atoms with Crippen molar-refractivity contribution in [3.63, 3.8) is 0 Å². The van der Waals surface area contributed by atoms with Crippen LogP contribution in [0.25, 0.3) is 0 Å². The summed E-state index contributed by atoms with van der Waals surface area (Å²) in [5.41, 5.74) is 0.624. The number of carbonyl (C=O) groups excluding carboxylic acids is 1. The number of rotatable bonds is 4. The molecule has 0 saturated heterocycles. The maximum Gasteiger partial charge on any atom is 0.142 e. The van der Waals surface area contributed by atoms with Gasteiger partial charge in [-0.1, -0.05) is 45.0 Å². The number of hydrogen-bond donors (Lipinski definition) is 0. The van der Waals surface area contributed by atoms with E-state index >= 15 is 0 Å². The van der Waals surface area contributed by atoms with Gasteiger partial charge in [0, 0.05) is 17.4 Å². The molecule has 0 aliphatic heterocycles. The van der Waals surface area contributed by atoms with Gasteiger partial charge in [0.05, 0.1) is 6.26 Å². The standard InChI is InChI=1S/C15H20O2/c1-5-10-17-13-9-7-6-8-12(13)11-14(16)15(2,3)4/h5-10H,11H2,1-4H3/b10-5+. The fourth-order valence-electron chi connectivity index (χ4n) is 1.34. The highest BCUT2D eigenvalue weighted by molar-refractivity contribution is 5.86. The van der Waals surface area contributed by atoms with Crippen LogP contribution in [0.3, 0.4) is 0 Å². The van der Waals surface area contributed by atoms with Gasteiger partial charge < -0.3 is 4.74 Å². The number of benzene rings is 1. The van der Waals surface area contributed by atoms with E-state index in [1.807, 2.05) is 58.0 Å². The zero-order valence-electron chi connectivity index (χ0n) is 11.0. The van der Waals surface area contributed by atoms with Crippen molar-refractivity contribution in [2.45, 2.75) is 34.1 Å². The van der Waals surface area contributed by atoms with Crippen LogP contribution in [0.15, 0.2) is 36.6 Å². The summed E-state index contributed by atoms with van der Waals surface area (Å²) >= 11 is 0. The summed E-state index contributed by atoms with van der Waals surface area (Å²) in [6.45, 7) is 7.70. The largest absolute Gasteiger partial charge is 0.465 e. The summed E-state index contributed by atoms with van der Waals surface area (Å²) in [5, 5.41) is 0. The molecule has 0 N–H and O–H groups in total. The molecule has 1 aromatic carbocycles. The molecule has 0 saturated carbocycles. The van der Waals surface area contributed by atoms with E-state index in [9.17, 15) is 4.79 Å². The second-order valence-corrected chi connectivity index (χ2v) is 5.04. The van der Waals surface area contributed by atoms with Crippen LogP contribution in [0.1, 0.15) is 33.3 Å². The number of allylic oxidation sites excluding steroid dienone is 1. The number of Topliss-reactive ketones (excluding diaryl/α,β-unsaturated/α-hetero) is 1. The van der Waals surface area contributed by atoms with Crippen molar-refractivity contribution in [3.8, 4) is 5.75 Å². The van der Waals surface area contributed by atoms with Crippen LogP contribution < -0.4 is 4.74 Å². The third-order valence-corrected chi connectivity index (χ3v) is 2.49. The molecule has 0 atom stereocenters. The summed E-state index contributed by atoms with van der Waals surface area (Å²) in [5.74, 6) is 0.970. The van der Waals surface area contributed by atoms with Gasteiger partial charge in [0.15, 0.2) is 0 Å². The molecule has 2 nitrogen and oxygen atoms in total. The average molecular weight is 232 g/mol. The molecule has 1 rings (SSSR count). The van der Waals surface area contributed by atoms with Gasteiger partial charge in [-0.15, -0.1) is 0 Å². The van der Waals surface area contributed by atoms with Crippen molar-refractivity contribution in [1.82, 2.24) is 0 Å². The Bertz CT molecular complexity index is 411. The Kier molecular flexibility index (Phi) is 4.50. The molecule has 2 heteroatoms. The van der Waals surface area contributed by atoms with Crippen molar-refractivity contribution < 1.29 is 9.53 Å². The monoisotopic (exact) mass is 232 g/mol. The van der Waals surface area contributed by atoms with Crippen LogP contribution in [-0.2, 0) is 11.2 Å². The molecule has 0 aliphatic rings. The lowest BCUT2D eigenvalue weighted by Gasteiger charge is -2.17. The third-order valence-electron chi connectivity index (χ3n) is 2.49. The minimum Gasteiger partial charge on any atom is -0.465 e. The van der Waals surface area contributed by atoms with Crippen LogP contribution in [0, 0.1) is 5.41 Å². The first-order valence-electron chi connectivity index (χ1n) is 5.84. The highest BCUT2D eigenvalue weighted by Crippen LogP contribution is 2.23. The smallest absolute Gasteiger partial charge is 0.142 e. The highest BCUT2D eigenvalue weighted by atomic mass is 16.5. The van der Waals surface area contributed by atoms with Gasteiger partial charge in [-0.2, -0.15) is 0 Å². The van der Waals surface area contributed by atoms with Crippen molar-refractivity contribution in [1.29, 1.82) is 0 Å². The van der Waals surface area contributed by atoms with Crippen molar-refractivity contribution >= 4 is 5.78 Å². The summed E-state index contributed by atoms with van der Waals surface area (Å²) in [6.07, 6.45) is 3.86. The molecule has 0 aliphatic carbocycles. The second kappa shape index (κ2) is 5.67. The molecule has 92 valence electrons. The first-order valence-corrected chi connectivity index (χ1v) is 5.84. The summed E-state index contributed by atoms with van der Waals surface area (Å²) in [6, 6.07) is 7.64. The molecule has 0 bridgehead atoms. The molecule has 0 amide bonds. The first-order chi connectivity index (χ1) is 7.95. The van der Waals surface area contributed by atoms with E-state index in [0.29, 0.717) is 6.42 Å². The summed E-state index contributed by atoms with van der Waals surface area (Å²) in [7, 11) is 0. The Morgan fingerprint density at radius 2 is 1.94 bits per heavy atom. The van der Waals surface area contributed by atoms with E-state index in [1.54, 1.807) is 6.26 Å². The van der Waals surface area contributed by atoms with Crippen LogP contribution in [0.4, 0.5) is 0 Å². The summed E-state index contributed by atoms with van der Waals surface area (Å²) < 4.78 is 5.47. The topological polar surface area (TPSA) is 26.3 Å². The van der Waals surface area contributed by atoms with Gasteiger partial charge in [0.2, 0.25) is 0 Å². The molecule has 0 fully saturated rings. The van der Waals surface area contributed by atoms with E-state index in [2.05, 4.69) is 0 Å². The van der Waals surface area contributed by atoms with Crippen LogP contribution in [0.2, 0.25) is 0 Å². The van der Waals surface area contributed by atoms with E-state index in [-0.39, 0.29) is 11.2 Å². The number of ketones is 1. The molecule has 0 heterocycles. The van der Waals surface area contributed by atoms with Gasteiger partial charge in [0.1, 0.15) is 11.5 Å². The molecule has 0 radical (unpaired) electrons.